The maximum atomic E-state index is 13.4. The number of carbonyl (C=O) groups excluding carboxylic acids is 2. The van der Waals surface area contributed by atoms with Crippen LogP contribution in [0.25, 0.3) is 0 Å². The average Bonchev–Trinajstić information content (AvgIpc) is 3.30. The van der Waals surface area contributed by atoms with Crippen molar-refractivity contribution in [2.75, 3.05) is 33.8 Å². The number of amides is 2. The van der Waals surface area contributed by atoms with E-state index < -0.39 is 6.09 Å². The molecular formula is C28H37N3O4. The molecule has 0 saturated carbocycles. The van der Waals surface area contributed by atoms with Crippen LogP contribution in [-0.2, 0) is 22.5 Å². The minimum atomic E-state index is -0.449. The van der Waals surface area contributed by atoms with Crippen molar-refractivity contribution in [1.82, 2.24) is 15.1 Å². The Morgan fingerprint density at radius 2 is 2.00 bits per heavy atom. The monoisotopic (exact) mass is 479 g/mol. The molecule has 2 heterocycles. The van der Waals surface area contributed by atoms with E-state index in [0.717, 1.165) is 49.4 Å². The van der Waals surface area contributed by atoms with Gasteiger partial charge in [-0.1, -0.05) is 49.4 Å². The molecule has 2 aliphatic heterocycles. The second-order valence-electron chi connectivity index (χ2n) is 9.85. The lowest BCUT2D eigenvalue weighted by Gasteiger charge is -2.34. The minimum Gasteiger partial charge on any atom is -0.490 e. The van der Waals surface area contributed by atoms with Crippen LogP contribution in [0.2, 0.25) is 0 Å². The summed E-state index contributed by atoms with van der Waals surface area (Å²) in [5.41, 5.74) is 3.27. The zero-order chi connectivity index (χ0) is 24.8. The fraction of sp³-hybridized carbons (Fsp3) is 0.500. The van der Waals surface area contributed by atoms with E-state index in [1.165, 1.54) is 19.1 Å². The number of methoxy groups -OCH3 is 1. The maximum absolute atomic E-state index is 13.4. The average molecular weight is 480 g/mol. The summed E-state index contributed by atoms with van der Waals surface area (Å²) in [6.45, 7) is 5.73. The molecule has 2 aliphatic rings. The number of nitrogens with one attached hydrogen (secondary N) is 1. The van der Waals surface area contributed by atoms with E-state index in [1.807, 2.05) is 42.3 Å². The molecule has 1 unspecified atom stereocenters. The van der Waals surface area contributed by atoms with E-state index in [4.69, 9.17) is 4.74 Å². The smallest absolute Gasteiger partial charge is 0.407 e. The highest BCUT2D eigenvalue weighted by Crippen LogP contribution is 2.31. The number of ether oxygens (including phenoxy) is 2. The van der Waals surface area contributed by atoms with Crippen LogP contribution in [0.1, 0.15) is 48.9 Å². The fourth-order valence-corrected chi connectivity index (χ4v) is 5.07. The van der Waals surface area contributed by atoms with Gasteiger partial charge in [0.05, 0.1) is 19.6 Å². The quantitative estimate of drug-likeness (QED) is 0.615. The number of hydrogen-bond donors (Lipinski definition) is 1. The highest BCUT2D eigenvalue weighted by atomic mass is 16.5. The number of fused-ring (bicyclic) bond motifs is 1. The third kappa shape index (κ3) is 6.54. The Morgan fingerprint density at radius 3 is 2.71 bits per heavy atom. The van der Waals surface area contributed by atoms with Gasteiger partial charge in [-0.2, -0.15) is 0 Å². The SMILES string of the molecule is COC(=O)NCc1ccc2c(c1)CCC(CC(=O)N(C)[C@H](CN1CC[C@H](C)C1)c1ccccc1)O2. The van der Waals surface area contributed by atoms with Crippen LogP contribution in [0, 0.1) is 5.92 Å². The van der Waals surface area contributed by atoms with Crippen molar-refractivity contribution in [2.24, 2.45) is 5.92 Å². The molecule has 0 radical (unpaired) electrons. The molecule has 0 aliphatic carbocycles. The van der Waals surface area contributed by atoms with Gasteiger partial charge in [0, 0.05) is 26.7 Å². The number of rotatable bonds is 8. The Balaban J connectivity index is 1.38. The van der Waals surface area contributed by atoms with E-state index in [0.29, 0.717) is 18.9 Å². The summed E-state index contributed by atoms with van der Waals surface area (Å²) in [4.78, 5) is 29.1. The lowest BCUT2D eigenvalue weighted by molar-refractivity contribution is -0.134. The van der Waals surface area contributed by atoms with Gasteiger partial charge in [0.1, 0.15) is 11.9 Å². The standard InChI is InChI=1S/C28H37N3O4/c1-20-13-14-31(18-20)19-25(22-7-5-4-6-8-22)30(2)27(32)16-24-11-10-23-15-21(9-12-26(23)35-24)17-29-28(33)34-3/h4-9,12,15,20,24-25H,10-11,13-14,16-19H2,1-3H3,(H,29,33)/t20-,24?,25+/m0/s1. The molecule has 1 saturated heterocycles. The molecule has 2 amide bonds. The molecule has 7 nitrogen and oxygen atoms in total. The number of aryl methyl sites for hydroxylation is 1. The van der Waals surface area contributed by atoms with E-state index in [1.54, 1.807) is 0 Å². The topological polar surface area (TPSA) is 71.1 Å². The summed E-state index contributed by atoms with van der Waals surface area (Å²) < 4.78 is 10.8. The van der Waals surface area contributed by atoms with Crippen LogP contribution >= 0.6 is 0 Å². The molecule has 3 atom stereocenters. The van der Waals surface area contributed by atoms with Gasteiger partial charge in [0.2, 0.25) is 5.91 Å². The predicted molar refractivity (Wildman–Crippen MR) is 135 cm³/mol. The first-order valence-corrected chi connectivity index (χ1v) is 12.6. The largest absolute Gasteiger partial charge is 0.490 e. The summed E-state index contributed by atoms with van der Waals surface area (Å²) in [6.07, 6.45) is 2.63. The van der Waals surface area contributed by atoms with Crippen molar-refractivity contribution >= 4 is 12.0 Å². The second kappa shape index (κ2) is 11.6. The lowest BCUT2D eigenvalue weighted by atomic mass is 9.97. The van der Waals surface area contributed by atoms with Crippen LogP contribution in [-0.4, -0.2) is 61.7 Å². The molecule has 1 fully saturated rings. The van der Waals surface area contributed by atoms with Crippen LogP contribution in [0.3, 0.4) is 0 Å². The van der Waals surface area contributed by atoms with E-state index in [9.17, 15) is 9.59 Å². The van der Waals surface area contributed by atoms with Gasteiger partial charge in [-0.05, 0) is 54.5 Å². The summed E-state index contributed by atoms with van der Waals surface area (Å²) in [5.74, 6) is 1.64. The van der Waals surface area contributed by atoms with Crippen LogP contribution < -0.4 is 10.1 Å². The van der Waals surface area contributed by atoms with Crippen molar-refractivity contribution in [1.29, 1.82) is 0 Å². The highest BCUT2D eigenvalue weighted by Gasteiger charge is 2.30. The highest BCUT2D eigenvalue weighted by molar-refractivity contribution is 5.77. The Morgan fingerprint density at radius 1 is 1.20 bits per heavy atom. The molecule has 1 N–H and O–H groups in total. The number of carbonyl (C=O) groups is 2. The molecule has 188 valence electrons. The number of benzene rings is 2. The molecule has 0 spiro atoms. The van der Waals surface area contributed by atoms with Crippen molar-refractivity contribution in [3.8, 4) is 5.75 Å². The van der Waals surface area contributed by atoms with Gasteiger partial charge in [0.25, 0.3) is 0 Å². The Hall–Kier alpha value is -3.06. The first kappa shape index (κ1) is 25.0. The van der Waals surface area contributed by atoms with Crippen molar-refractivity contribution < 1.29 is 19.1 Å². The molecule has 35 heavy (non-hydrogen) atoms. The second-order valence-corrected chi connectivity index (χ2v) is 9.85. The third-order valence-electron chi connectivity index (χ3n) is 7.16. The van der Waals surface area contributed by atoms with Gasteiger partial charge in [0.15, 0.2) is 0 Å². The Bertz CT molecular complexity index is 1010. The van der Waals surface area contributed by atoms with E-state index in [2.05, 4.69) is 40.1 Å². The number of nitrogens with zero attached hydrogens (tertiary/aromatic N) is 2. The predicted octanol–water partition coefficient (Wildman–Crippen LogP) is 4.17. The summed E-state index contributed by atoms with van der Waals surface area (Å²) in [6, 6.07) is 16.3. The van der Waals surface area contributed by atoms with Gasteiger partial charge in [-0.25, -0.2) is 4.79 Å². The zero-order valence-electron chi connectivity index (χ0n) is 21.0. The number of alkyl carbamates (subject to hydrolysis) is 1. The number of likely N-dealkylation sites (tertiary alicyclic amines) is 1. The van der Waals surface area contributed by atoms with Gasteiger partial charge in [-0.3, -0.25) is 4.79 Å². The first-order valence-electron chi connectivity index (χ1n) is 12.6. The normalized spacial score (nSPS) is 20.4. The zero-order valence-corrected chi connectivity index (χ0v) is 21.0. The molecule has 4 rings (SSSR count). The van der Waals surface area contributed by atoms with Crippen molar-refractivity contribution in [3.05, 3.63) is 65.2 Å². The van der Waals surface area contributed by atoms with Crippen LogP contribution in [0.5, 0.6) is 5.75 Å². The summed E-state index contributed by atoms with van der Waals surface area (Å²) in [5, 5.41) is 2.70. The van der Waals surface area contributed by atoms with Crippen LogP contribution in [0.4, 0.5) is 4.79 Å². The van der Waals surface area contributed by atoms with Crippen molar-refractivity contribution in [3.63, 3.8) is 0 Å². The van der Waals surface area contributed by atoms with E-state index >= 15 is 0 Å². The summed E-state index contributed by atoms with van der Waals surface area (Å²) >= 11 is 0. The Labute approximate surface area is 208 Å². The van der Waals surface area contributed by atoms with Gasteiger partial charge in [-0.15, -0.1) is 0 Å². The third-order valence-corrected chi connectivity index (χ3v) is 7.16. The van der Waals surface area contributed by atoms with Gasteiger partial charge >= 0.3 is 6.09 Å². The Kier molecular flexibility index (Phi) is 8.29. The lowest BCUT2D eigenvalue weighted by Crippen LogP contribution is -2.40. The molecule has 0 aromatic heterocycles. The van der Waals surface area contributed by atoms with Crippen molar-refractivity contribution in [2.45, 2.75) is 51.3 Å². The van der Waals surface area contributed by atoms with Crippen LogP contribution in [0.15, 0.2) is 48.5 Å². The molecular weight excluding hydrogens is 442 g/mol. The molecule has 7 heteroatoms. The first-order chi connectivity index (χ1) is 16.9. The maximum Gasteiger partial charge on any atom is 0.407 e. The van der Waals surface area contributed by atoms with Gasteiger partial charge < -0.3 is 24.6 Å². The molecule has 2 aromatic rings. The fourth-order valence-electron chi connectivity index (χ4n) is 5.07. The number of hydrogen-bond acceptors (Lipinski definition) is 5. The van der Waals surface area contributed by atoms with E-state index in [-0.39, 0.29) is 18.1 Å². The minimum absolute atomic E-state index is 0.0229. The molecule has 0 bridgehead atoms. The summed E-state index contributed by atoms with van der Waals surface area (Å²) in [7, 11) is 3.28. The molecule has 2 aromatic carbocycles. The number of likely N-dealkylation sites (N-methyl/N-ethyl adjacent to an activating group) is 1.